The van der Waals surface area contributed by atoms with Crippen molar-refractivity contribution in [2.45, 2.75) is 83.5 Å². The number of benzene rings is 1. The molecule has 3 nitrogen and oxygen atoms in total. The fourth-order valence-corrected chi connectivity index (χ4v) is 8.55. The van der Waals surface area contributed by atoms with Crippen molar-refractivity contribution in [3.63, 3.8) is 0 Å². The summed E-state index contributed by atoms with van der Waals surface area (Å²) in [5.74, 6) is 2.94. The Morgan fingerprint density at radius 1 is 1.12 bits per heavy atom. The third kappa shape index (κ3) is 3.29. The first-order chi connectivity index (χ1) is 15.9. The van der Waals surface area contributed by atoms with Gasteiger partial charge in [0.05, 0.1) is 19.1 Å². The van der Waals surface area contributed by atoms with Crippen LogP contribution in [0.1, 0.15) is 70.8 Å². The molecule has 1 aromatic rings. The van der Waals surface area contributed by atoms with Gasteiger partial charge in [0.15, 0.2) is 0 Å². The number of fused-ring (bicyclic) bond motifs is 5. The zero-order chi connectivity index (χ0) is 22.8. The molecule has 1 unspecified atom stereocenters. The lowest BCUT2D eigenvalue weighted by atomic mass is 9.56. The number of ether oxygens (including phenoxy) is 2. The topological polar surface area (TPSA) is 35.5 Å². The number of allylic oxidation sites excluding steroid dienone is 1. The Morgan fingerprint density at radius 3 is 2.70 bits per heavy atom. The molecule has 1 aliphatic heterocycles. The van der Waals surface area contributed by atoms with E-state index in [0.717, 1.165) is 31.1 Å². The Bertz CT molecular complexity index is 980. The van der Waals surface area contributed by atoms with Gasteiger partial charge in [0.25, 0.3) is 0 Å². The largest absolute Gasteiger partial charge is 0.454 e. The van der Waals surface area contributed by atoms with Crippen LogP contribution in [0, 0.1) is 35.0 Å². The molecule has 0 radical (unpaired) electrons. The predicted molar refractivity (Wildman–Crippen MR) is 129 cm³/mol. The highest BCUT2D eigenvalue weighted by molar-refractivity contribution is 5.74. The zero-order valence-corrected chi connectivity index (χ0v) is 20.2. The van der Waals surface area contributed by atoms with E-state index in [1.165, 1.54) is 36.8 Å². The van der Waals surface area contributed by atoms with Gasteiger partial charge in [-0.2, -0.15) is 0 Å². The van der Waals surface area contributed by atoms with Crippen molar-refractivity contribution in [3.8, 4) is 0 Å². The van der Waals surface area contributed by atoms with E-state index in [9.17, 15) is 4.79 Å². The highest BCUT2D eigenvalue weighted by Crippen LogP contribution is 2.66. The molecule has 8 atom stereocenters. The van der Waals surface area contributed by atoms with Crippen LogP contribution in [0.5, 0.6) is 0 Å². The van der Waals surface area contributed by atoms with Crippen LogP contribution in [-0.4, -0.2) is 17.7 Å². The van der Waals surface area contributed by atoms with Crippen molar-refractivity contribution < 1.29 is 14.3 Å². The van der Waals surface area contributed by atoms with Gasteiger partial charge in [-0.15, -0.1) is 0 Å². The SMILES string of the molecule is C=C1C2C[C@H]3[C@@H](CC=C4C[C@@H](OCc5ccccc5)CC[C@@]43C)[C@@H]2CC[C@]12OC(=O)C[C@H]2C. The summed E-state index contributed by atoms with van der Waals surface area (Å²) < 4.78 is 12.4. The van der Waals surface area contributed by atoms with Gasteiger partial charge in [-0.1, -0.05) is 62.4 Å². The van der Waals surface area contributed by atoms with Crippen molar-refractivity contribution in [2.24, 2.45) is 35.0 Å². The molecule has 5 aliphatic rings. The second-order valence-electron chi connectivity index (χ2n) is 11.9. The zero-order valence-electron chi connectivity index (χ0n) is 20.2. The van der Waals surface area contributed by atoms with E-state index in [2.05, 4.69) is 56.8 Å². The fraction of sp³-hybridized carbons (Fsp3) is 0.633. The molecule has 3 heteroatoms. The fourth-order valence-electron chi connectivity index (χ4n) is 8.55. The quantitative estimate of drug-likeness (QED) is 0.386. The maximum absolute atomic E-state index is 12.1. The van der Waals surface area contributed by atoms with Gasteiger partial charge in [0.2, 0.25) is 0 Å². The summed E-state index contributed by atoms with van der Waals surface area (Å²) in [4.78, 5) is 12.1. The average Bonchev–Trinajstić information content (AvgIpc) is 3.34. The minimum Gasteiger partial charge on any atom is -0.454 e. The molecule has 4 aliphatic carbocycles. The highest BCUT2D eigenvalue weighted by atomic mass is 16.6. The van der Waals surface area contributed by atoms with Crippen molar-refractivity contribution in [1.82, 2.24) is 0 Å². The minimum atomic E-state index is -0.383. The predicted octanol–water partition coefficient (Wildman–Crippen LogP) is 6.63. The third-order valence-corrected chi connectivity index (χ3v) is 10.4. The van der Waals surface area contributed by atoms with Gasteiger partial charge < -0.3 is 9.47 Å². The van der Waals surface area contributed by atoms with Crippen molar-refractivity contribution in [1.29, 1.82) is 0 Å². The summed E-state index contributed by atoms with van der Waals surface area (Å²) in [6, 6.07) is 10.5. The monoisotopic (exact) mass is 446 g/mol. The Morgan fingerprint density at radius 2 is 1.94 bits per heavy atom. The lowest BCUT2D eigenvalue weighted by Crippen LogP contribution is -2.45. The molecule has 0 N–H and O–H groups in total. The first-order valence-corrected chi connectivity index (χ1v) is 13.2. The standard InChI is InChI=1S/C30H38O3/c1-19-15-28(31)33-30(19)14-12-24-25-10-9-22-16-23(32-18-21-7-5-4-6-8-21)11-13-29(22,3)27(25)17-26(24)20(30)2/h4-9,19,23-27H,2,10-18H2,1,3H3/t19-,23+,24+,25+,26?,27+,29+,30-/m1/s1. The van der Waals surface area contributed by atoms with Crippen LogP contribution >= 0.6 is 0 Å². The Labute approximate surface area is 198 Å². The Hall–Kier alpha value is -1.87. The van der Waals surface area contributed by atoms with Crippen molar-refractivity contribution in [2.75, 3.05) is 0 Å². The molecule has 1 spiro atoms. The van der Waals surface area contributed by atoms with Crippen LogP contribution in [0.3, 0.4) is 0 Å². The van der Waals surface area contributed by atoms with Gasteiger partial charge in [-0.3, -0.25) is 4.79 Å². The van der Waals surface area contributed by atoms with E-state index in [1.807, 2.05) is 0 Å². The summed E-state index contributed by atoms with van der Waals surface area (Å²) in [5.41, 5.74) is 4.06. The number of hydrogen-bond donors (Lipinski definition) is 0. The average molecular weight is 447 g/mol. The Kier molecular flexibility index (Phi) is 5.14. The van der Waals surface area contributed by atoms with Crippen LogP contribution in [0.15, 0.2) is 54.1 Å². The van der Waals surface area contributed by atoms with E-state index in [0.29, 0.717) is 31.0 Å². The van der Waals surface area contributed by atoms with Gasteiger partial charge in [-0.25, -0.2) is 0 Å². The maximum Gasteiger partial charge on any atom is 0.307 e. The molecule has 1 heterocycles. The van der Waals surface area contributed by atoms with Crippen molar-refractivity contribution >= 4 is 5.97 Å². The number of carbonyl (C=O) groups is 1. The molecule has 0 amide bonds. The molecule has 6 rings (SSSR count). The molecular formula is C30H38O3. The first-order valence-electron chi connectivity index (χ1n) is 13.2. The summed E-state index contributed by atoms with van der Waals surface area (Å²) in [6.45, 7) is 10.1. The molecule has 4 fully saturated rings. The summed E-state index contributed by atoms with van der Waals surface area (Å²) in [7, 11) is 0. The first kappa shape index (κ1) is 21.6. The lowest BCUT2D eigenvalue weighted by molar-refractivity contribution is -0.149. The van der Waals surface area contributed by atoms with Gasteiger partial charge in [0.1, 0.15) is 5.60 Å². The normalized spacial score (nSPS) is 44.1. The van der Waals surface area contributed by atoms with E-state index in [-0.39, 0.29) is 22.9 Å². The molecule has 3 saturated carbocycles. The van der Waals surface area contributed by atoms with E-state index in [1.54, 1.807) is 5.57 Å². The smallest absolute Gasteiger partial charge is 0.307 e. The van der Waals surface area contributed by atoms with Gasteiger partial charge in [0, 0.05) is 5.92 Å². The molecule has 0 bridgehead atoms. The lowest BCUT2D eigenvalue weighted by Gasteiger charge is -2.49. The second kappa shape index (κ2) is 7.83. The number of rotatable bonds is 3. The summed E-state index contributed by atoms with van der Waals surface area (Å²) in [5, 5.41) is 0. The second-order valence-corrected chi connectivity index (χ2v) is 11.9. The summed E-state index contributed by atoms with van der Waals surface area (Å²) >= 11 is 0. The number of hydrogen-bond acceptors (Lipinski definition) is 3. The van der Waals surface area contributed by atoms with E-state index < -0.39 is 0 Å². The maximum atomic E-state index is 12.1. The molecule has 176 valence electrons. The number of carbonyl (C=O) groups excluding carboxylic acids is 1. The van der Waals surface area contributed by atoms with Gasteiger partial charge >= 0.3 is 5.97 Å². The molecule has 0 aromatic heterocycles. The molecular weight excluding hydrogens is 408 g/mol. The van der Waals surface area contributed by atoms with Crippen LogP contribution in [0.25, 0.3) is 0 Å². The van der Waals surface area contributed by atoms with Crippen molar-refractivity contribution in [3.05, 3.63) is 59.7 Å². The van der Waals surface area contributed by atoms with Crippen LogP contribution in [0.4, 0.5) is 0 Å². The minimum absolute atomic E-state index is 0.0257. The highest BCUT2D eigenvalue weighted by Gasteiger charge is 2.61. The van der Waals surface area contributed by atoms with E-state index in [4.69, 9.17) is 9.47 Å². The Balaban J connectivity index is 1.17. The molecule has 1 saturated heterocycles. The van der Waals surface area contributed by atoms with Gasteiger partial charge in [-0.05, 0) is 85.2 Å². The van der Waals surface area contributed by atoms with Crippen LogP contribution in [0.2, 0.25) is 0 Å². The third-order valence-electron chi connectivity index (χ3n) is 10.4. The van der Waals surface area contributed by atoms with Crippen LogP contribution in [-0.2, 0) is 20.9 Å². The van der Waals surface area contributed by atoms with E-state index >= 15 is 0 Å². The van der Waals surface area contributed by atoms with Crippen LogP contribution < -0.4 is 0 Å². The molecule has 33 heavy (non-hydrogen) atoms. The summed E-state index contributed by atoms with van der Waals surface area (Å²) in [6.07, 6.45) is 11.5. The number of esters is 1. The molecule has 1 aromatic carbocycles.